The lowest BCUT2D eigenvalue weighted by Crippen LogP contribution is -1.93. The Morgan fingerprint density at radius 3 is 2.94 bits per heavy atom. The monoisotopic (exact) mass is 247 g/mol. The Morgan fingerprint density at radius 1 is 1.41 bits per heavy atom. The molecule has 0 saturated heterocycles. The van der Waals surface area contributed by atoms with Crippen molar-refractivity contribution in [2.75, 3.05) is 12.5 Å². The first-order valence-electron chi connectivity index (χ1n) is 5.14. The quantitative estimate of drug-likeness (QED) is 0.667. The molecule has 2 aromatic rings. The fourth-order valence-electron chi connectivity index (χ4n) is 1.34. The number of para-hydroxylation sites is 1. The molecule has 88 valence electrons. The first kappa shape index (κ1) is 11.6. The molecule has 0 saturated carbocycles. The number of nitrogens with one attached hydrogen (secondary N) is 1. The number of rotatable bonds is 4. The maximum atomic E-state index is 5.22. The Kier molecular flexibility index (Phi) is 3.72. The number of hydrogen-bond donors (Lipinski definition) is 1. The molecule has 1 heterocycles. The van der Waals surface area contributed by atoms with E-state index in [1.807, 2.05) is 36.6 Å². The number of hydrogen-bond acceptors (Lipinski definition) is 5. The summed E-state index contributed by atoms with van der Waals surface area (Å²) in [6, 6.07) is 7.71. The summed E-state index contributed by atoms with van der Waals surface area (Å²) >= 11 is 1.53. The van der Waals surface area contributed by atoms with Gasteiger partial charge in [0.1, 0.15) is 5.75 Å². The molecule has 0 bridgehead atoms. The van der Waals surface area contributed by atoms with E-state index in [0.29, 0.717) is 0 Å². The summed E-state index contributed by atoms with van der Waals surface area (Å²) in [5.74, 6) is 0.799. The van der Waals surface area contributed by atoms with Crippen LogP contribution in [0.4, 0.5) is 5.13 Å². The van der Waals surface area contributed by atoms with Crippen LogP contribution in [0, 0.1) is 6.92 Å². The van der Waals surface area contributed by atoms with E-state index in [2.05, 4.69) is 15.5 Å². The number of aryl methyl sites for hydroxylation is 1. The van der Waals surface area contributed by atoms with Crippen molar-refractivity contribution in [1.82, 2.24) is 4.98 Å². The molecule has 0 amide bonds. The number of anilines is 1. The average molecular weight is 247 g/mol. The van der Waals surface area contributed by atoms with Crippen LogP contribution in [0.2, 0.25) is 0 Å². The molecule has 1 N–H and O–H groups in total. The highest BCUT2D eigenvalue weighted by molar-refractivity contribution is 7.13. The minimum atomic E-state index is 0.786. The highest BCUT2D eigenvalue weighted by Crippen LogP contribution is 2.16. The van der Waals surface area contributed by atoms with E-state index in [-0.39, 0.29) is 0 Å². The zero-order valence-electron chi connectivity index (χ0n) is 9.68. The molecule has 0 radical (unpaired) electrons. The summed E-state index contributed by atoms with van der Waals surface area (Å²) in [6.07, 6.45) is 1.72. The molecule has 0 aliphatic rings. The highest BCUT2D eigenvalue weighted by atomic mass is 32.1. The van der Waals surface area contributed by atoms with Gasteiger partial charge in [-0.3, -0.25) is 5.43 Å². The van der Waals surface area contributed by atoms with E-state index in [4.69, 9.17) is 4.74 Å². The van der Waals surface area contributed by atoms with Crippen LogP contribution in [0.1, 0.15) is 11.3 Å². The predicted molar refractivity (Wildman–Crippen MR) is 71.1 cm³/mol. The van der Waals surface area contributed by atoms with Gasteiger partial charge in [0.05, 0.1) is 19.0 Å². The second-order valence-electron chi connectivity index (χ2n) is 3.41. The number of nitrogens with zero attached hydrogens (tertiary/aromatic N) is 2. The van der Waals surface area contributed by atoms with Crippen molar-refractivity contribution >= 4 is 22.7 Å². The third-order valence-corrected chi connectivity index (χ3v) is 2.99. The van der Waals surface area contributed by atoms with Gasteiger partial charge >= 0.3 is 0 Å². The summed E-state index contributed by atoms with van der Waals surface area (Å²) in [6.45, 7) is 1.95. The van der Waals surface area contributed by atoms with Crippen molar-refractivity contribution in [3.05, 3.63) is 40.9 Å². The lowest BCUT2D eigenvalue weighted by atomic mass is 10.2. The van der Waals surface area contributed by atoms with E-state index < -0.39 is 0 Å². The predicted octanol–water partition coefficient (Wildman–Crippen LogP) is 2.91. The highest BCUT2D eigenvalue weighted by Gasteiger charge is 1.98. The smallest absolute Gasteiger partial charge is 0.203 e. The van der Waals surface area contributed by atoms with E-state index >= 15 is 0 Å². The summed E-state index contributed by atoms with van der Waals surface area (Å²) in [5, 5.41) is 6.89. The molecule has 4 nitrogen and oxygen atoms in total. The number of methoxy groups -OCH3 is 1. The zero-order valence-corrected chi connectivity index (χ0v) is 10.5. The van der Waals surface area contributed by atoms with E-state index in [1.165, 1.54) is 11.3 Å². The first-order chi connectivity index (χ1) is 8.29. The summed E-state index contributed by atoms with van der Waals surface area (Å²) in [5.41, 5.74) is 4.80. The number of thiazole rings is 1. The number of hydrazone groups is 1. The van der Waals surface area contributed by atoms with Crippen molar-refractivity contribution in [3.8, 4) is 5.75 Å². The van der Waals surface area contributed by atoms with E-state index in [0.717, 1.165) is 22.1 Å². The van der Waals surface area contributed by atoms with Crippen LogP contribution in [0.25, 0.3) is 0 Å². The molecule has 1 aromatic heterocycles. The first-order valence-corrected chi connectivity index (χ1v) is 6.02. The van der Waals surface area contributed by atoms with Gasteiger partial charge in [-0.05, 0) is 19.1 Å². The van der Waals surface area contributed by atoms with Gasteiger partial charge in [0.2, 0.25) is 5.13 Å². The van der Waals surface area contributed by atoms with Crippen molar-refractivity contribution in [1.29, 1.82) is 0 Å². The maximum Gasteiger partial charge on any atom is 0.203 e. The number of aromatic nitrogens is 1. The molecule has 0 aliphatic carbocycles. The lowest BCUT2D eigenvalue weighted by Gasteiger charge is -2.02. The van der Waals surface area contributed by atoms with Gasteiger partial charge in [-0.15, -0.1) is 11.3 Å². The lowest BCUT2D eigenvalue weighted by molar-refractivity contribution is 0.414. The minimum Gasteiger partial charge on any atom is -0.496 e. The normalized spacial score (nSPS) is 10.7. The molecule has 0 spiro atoms. The van der Waals surface area contributed by atoms with Gasteiger partial charge in [0, 0.05) is 10.9 Å². The maximum absolute atomic E-state index is 5.22. The van der Waals surface area contributed by atoms with Crippen LogP contribution < -0.4 is 10.2 Å². The van der Waals surface area contributed by atoms with Crippen LogP contribution in [0.5, 0.6) is 5.75 Å². The van der Waals surface area contributed by atoms with E-state index in [9.17, 15) is 0 Å². The minimum absolute atomic E-state index is 0.786. The SMILES string of the molecule is COc1ccccc1C=NNc1nc(C)cs1. The zero-order chi connectivity index (χ0) is 12.1. The average Bonchev–Trinajstić information content (AvgIpc) is 2.76. The van der Waals surface area contributed by atoms with Crippen LogP contribution in [0.3, 0.4) is 0 Å². The molecule has 0 atom stereocenters. The molecule has 17 heavy (non-hydrogen) atoms. The van der Waals surface area contributed by atoms with Crippen LogP contribution in [-0.4, -0.2) is 18.3 Å². The Bertz CT molecular complexity index is 522. The molecular weight excluding hydrogens is 234 g/mol. The van der Waals surface area contributed by atoms with Crippen LogP contribution in [0.15, 0.2) is 34.7 Å². The van der Waals surface area contributed by atoms with Crippen LogP contribution in [-0.2, 0) is 0 Å². The standard InChI is InChI=1S/C12H13N3OS/c1-9-8-17-12(14-9)15-13-7-10-5-3-4-6-11(10)16-2/h3-8H,1-2H3,(H,14,15). The Morgan fingerprint density at radius 2 is 2.24 bits per heavy atom. The van der Waals surface area contributed by atoms with Gasteiger partial charge < -0.3 is 4.74 Å². The molecule has 2 rings (SSSR count). The largest absolute Gasteiger partial charge is 0.496 e. The second-order valence-corrected chi connectivity index (χ2v) is 4.26. The van der Waals surface area contributed by atoms with Gasteiger partial charge in [0.15, 0.2) is 0 Å². The molecule has 0 unspecified atom stereocenters. The molecular formula is C12H13N3OS. The van der Waals surface area contributed by atoms with Crippen molar-refractivity contribution in [2.24, 2.45) is 5.10 Å². The van der Waals surface area contributed by atoms with Crippen molar-refractivity contribution in [2.45, 2.75) is 6.92 Å². The van der Waals surface area contributed by atoms with Crippen LogP contribution >= 0.6 is 11.3 Å². The second kappa shape index (κ2) is 5.45. The topological polar surface area (TPSA) is 46.5 Å². The molecule has 5 heteroatoms. The number of ether oxygens (including phenoxy) is 1. The fraction of sp³-hybridized carbons (Fsp3) is 0.167. The summed E-state index contributed by atoms with van der Waals surface area (Å²) in [4.78, 5) is 4.25. The fourth-order valence-corrected chi connectivity index (χ4v) is 1.97. The Labute approximate surface area is 104 Å². The Balaban J connectivity index is 2.05. The van der Waals surface area contributed by atoms with Gasteiger partial charge in [0.25, 0.3) is 0 Å². The van der Waals surface area contributed by atoms with Gasteiger partial charge in [-0.1, -0.05) is 12.1 Å². The van der Waals surface area contributed by atoms with Gasteiger partial charge in [-0.25, -0.2) is 4.98 Å². The molecule has 1 aromatic carbocycles. The Hall–Kier alpha value is -1.88. The number of benzene rings is 1. The van der Waals surface area contributed by atoms with Crippen molar-refractivity contribution < 1.29 is 4.74 Å². The van der Waals surface area contributed by atoms with E-state index in [1.54, 1.807) is 13.3 Å². The molecule has 0 aliphatic heterocycles. The van der Waals surface area contributed by atoms with Gasteiger partial charge in [-0.2, -0.15) is 5.10 Å². The summed E-state index contributed by atoms with van der Waals surface area (Å²) in [7, 11) is 1.64. The summed E-state index contributed by atoms with van der Waals surface area (Å²) < 4.78 is 5.22. The van der Waals surface area contributed by atoms with Crippen molar-refractivity contribution in [3.63, 3.8) is 0 Å². The molecule has 0 fully saturated rings. The third-order valence-electron chi connectivity index (χ3n) is 2.12. The third kappa shape index (κ3) is 3.04.